The van der Waals surface area contributed by atoms with Gasteiger partial charge in [-0.2, -0.15) is 0 Å². The Morgan fingerprint density at radius 2 is 2.00 bits per heavy atom. The van der Waals surface area contributed by atoms with E-state index >= 15 is 0 Å². The van der Waals surface area contributed by atoms with Crippen molar-refractivity contribution in [2.24, 2.45) is 11.8 Å². The number of rotatable bonds is 4. The smallest absolute Gasteiger partial charge is 0.00721 e. The normalized spacial score (nSPS) is 35.6. The molecule has 0 amide bonds. The summed E-state index contributed by atoms with van der Waals surface area (Å²) in [4.78, 5) is 0. The lowest BCUT2D eigenvalue weighted by Gasteiger charge is -2.30. The van der Waals surface area contributed by atoms with Crippen molar-refractivity contribution in [2.75, 3.05) is 0 Å². The minimum Gasteiger partial charge on any atom is -0.311 e. The van der Waals surface area contributed by atoms with Gasteiger partial charge in [0.2, 0.25) is 0 Å². The summed E-state index contributed by atoms with van der Waals surface area (Å²) in [6.07, 6.45) is 10.2. The summed E-state index contributed by atoms with van der Waals surface area (Å²) >= 11 is 0. The standard InChI is InChI=1S/C13H25N/c1-10-6-7-13(8-10)14-11(2)9-12-4-3-5-12/h10-14H,3-9H2,1-2H3. The highest BCUT2D eigenvalue weighted by Gasteiger charge is 2.24. The maximum Gasteiger partial charge on any atom is 0.00721 e. The van der Waals surface area contributed by atoms with Gasteiger partial charge in [-0.15, -0.1) is 0 Å². The van der Waals surface area contributed by atoms with Crippen LogP contribution >= 0.6 is 0 Å². The second-order valence-corrected chi connectivity index (χ2v) is 5.72. The molecule has 2 aliphatic carbocycles. The van der Waals surface area contributed by atoms with Crippen LogP contribution < -0.4 is 5.32 Å². The molecule has 2 aliphatic rings. The Morgan fingerprint density at radius 1 is 1.21 bits per heavy atom. The van der Waals surface area contributed by atoms with E-state index in [9.17, 15) is 0 Å². The largest absolute Gasteiger partial charge is 0.311 e. The maximum absolute atomic E-state index is 3.81. The minimum absolute atomic E-state index is 0.760. The molecule has 2 saturated carbocycles. The Morgan fingerprint density at radius 3 is 2.50 bits per heavy atom. The van der Waals surface area contributed by atoms with E-state index in [4.69, 9.17) is 0 Å². The Hall–Kier alpha value is -0.0400. The van der Waals surface area contributed by atoms with E-state index in [0.29, 0.717) is 0 Å². The van der Waals surface area contributed by atoms with Gasteiger partial charge in [-0.3, -0.25) is 0 Å². The van der Waals surface area contributed by atoms with Crippen molar-refractivity contribution in [1.29, 1.82) is 0 Å². The van der Waals surface area contributed by atoms with E-state index in [2.05, 4.69) is 19.2 Å². The Labute approximate surface area is 88.7 Å². The first-order chi connectivity index (χ1) is 6.74. The van der Waals surface area contributed by atoms with Gasteiger partial charge < -0.3 is 5.32 Å². The molecule has 1 heteroatoms. The molecule has 0 heterocycles. The van der Waals surface area contributed by atoms with Gasteiger partial charge in [0.25, 0.3) is 0 Å². The fraction of sp³-hybridized carbons (Fsp3) is 1.00. The molecule has 1 N–H and O–H groups in total. The van der Waals surface area contributed by atoms with Crippen molar-refractivity contribution in [1.82, 2.24) is 5.32 Å². The average Bonchev–Trinajstić information content (AvgIpc) is 2.44. The quantitative estimate of drug-likeness (QED) is 0.725. The molecule has 0 aliphatic heterocycles. The van der Waals surface area contributed by atoms with Crippen LogP contribution in [0, 0.1) is 11.8 Å². The van der Waals surface area contributed by atoms with Gasteiger partial charge in [0, 0.05) is 12.1 Å². The molecule has 0 radical (unpaired) electrons. The van der Waals surface area contributed by atoms with Crippen LogP contribution in [0.3, 0.4) is 0 Å². The molecular weight excluding hydrogens is 170 g/mol. The second kappa shape index (κ2) is 4.65. The van der Waals surface area contributed by atoms with Gasteiger partial charge in [-0.05, 0) is 44.4 Å². The van der Waals surface area contributed by atoms with Crippen LogP contribution in [0.1, 0.15) is 58.8 Å². The Bertz CT molecular complexity index is 174. The average molecular weight is 195 g/mol. The molecule has 82 valence electrons. The van der Waals surface area contributed by atoms with E-state index in [0.717, 1.165) is 23.9 Å². The minimum atomic E-state index is 0.760. The summed E-state index contributed by atoms with van der Waals surface area (Å²) in [6, 6.07) is 1.59. The molecule has 2 rings (SSSR count). The summed E-state index contributed by atoms with van der Waals surface area (Å²) in [6.45, 7) is 4.76. The van der Waals surface area contributed by atoms with E-state index in [1.165, 1.54) is 44.9 Å². The number of nitrogens with one attached hydrogen (secondary N) is 1. The molecule has 0 aromatic carbocycles. The van der Waals surface area contributed by atoms with Gasteiger partial charge in [-0.1, -0.05) is 26.2 Å². The zero-order valence-electron chi connectivity index (χ0n) is 9.76. The highest BCUT2D eigenvalue weighted by molar-refractivity contribution is 4.82. The van der Waals surface area contributed by atoms with E-state index in [1.54, 1.807) is 0 Å². The molecule has 0 saturated heterocycles. The third-order valence-electron chi connectivity index (χ3n) is 4.13. The highest BCUT2D eigenvalue weighted by atomic mass is 14.9. The summed E-state index contributed by atoms with van der Waals surface area (Å²) in [5.41, 5.74) is 0. The van der Waals surface area contributed by atoms with Crippen LogP contribution in [-0.4, -0.2) is 12.1 Å². The summed E-state index contributed by atoms with van der Waals surface area (Å²) in [5.74, 6) is 2.01. The third kappa shape index (κ3) is 2.73. The molecule has 0 aromatic rings. The second-order valence-electron chi connectivity index (χ2n) is 5.72. The molecule has 3 unspecified atom stereocenters. The van der Waals surface area contributed by atoms with Crippen molar-refractivity contribution >= 4 is 0 Å². The predicted molar refractivity (Wildman–Crippen MR) is 61.4 cm³/mol. The first kappa shape index (κ1) is 10.5. The van der Waals surface area contributed by atoms with Gasteiger partial charge >= 0.3 is 0 Å². The molecular formula is C13H25N. The first-order valence-electron chi connectivity index (χ1n) is 6.50. The molecule has 2 fully saturated rings. The fourth-order valence-electron chi connectivity index (χ4n) is 3.06. The molecule has 0 bridgehead atoms. The lowest BCUT2D eigenvalue weighted by molar-refractivity contribution is 0.257. The van der Waals surface area contributed by atoms with Crippen molar-refractivity contribution in [3.63, 3.8) is 0 Å². The predicted octanol–water partition coefficient (Wildman–Crippen LogP) is 3.34. The molecule has 0 spiro atoms. The van der Waals surface area contributed by atoms with Crippen molar-refractivity contribution in [3.05, 3.63) is 0 Å². The van der Waals surface area contributed by atoms with Crippen LogP contribution in [0.5, 0.6) is 0 Å². The lowest BCUT2D eigenvalue weighted by Crippen LogP contribution is -2.37. The topological polar surface area (TPSA) is 12.0 Å². The summed E-state index contributed by atoms with van der Waals surface area (Å²) in [7, 11) is 0. The van der Waals surface area contributed by atoms with Crippen LogP contribution in [0.15, 0.2) is 0 Å². The number of hydrogen-bond donors (Lipinski definition) is 1. The molecule has 3 atom stereocenters. The Balaban J connectivity index is 1.63. The van der Waals surface area contributed by atoms with Crippen LogP contribution in [-0.2, 0) is 0 Å². The van der Waals surface area contributed by atoms with Gasteiger partial charge in [0.1, 0.15) is 0 Å². The molecule has 14 heavy (non-hydrogen) atoms. The maximum atomic E-state index is 3.81. The van der Waals surface area contributed by atoms with Crippen molar-refractivity contribution in [3.8, 4) is 0 Å². The van der Waals surface area contributed by atoms with E-state index < -0.39 is 0 Å². The summed E-state index contributed by atoms with van der Waals surface area (Å²) in [5, 5.41) is 3.81. The van der Waals surface area contributed by atoms with E-state index in [-0.39, 0.29) is 0 Å². The van der Waals surface area contributed by atoms with Gasteiger partial charge in [0.05, 0.1) is 0 Å². The fourth-order valence-corrected chi connectivity index (χ4v) is 3.06. The molecule has 0 aromatic heterocycles. The van der Waals surface area contributed by atoms with Crippen LogP contribution in [0.4, 0.5) is 0 Å². The first-order valence-corrected chi connectivity index (χ1v) is 6.50. The summed E-state index contributed by atoms with van der Waals surface area (Å²) < 4.78 is 0. The van der Waals surface area contributed by atoms with Crippen LogP contribution in [0.25, 0.3) is 0 Å². The van der Waals surface area contributed by atoms with Gasteiger partial charge in [0.15, 0.2) is 0 Å². The zero-order valence-corrected chi connectivity index (χ0v) is 9.76. The zero-order chi connectivity index (χ0) is 9.97. The number of hydrogen-bond acceptors (Lipinski definition) is 1. The van der Waals surface area contributed by atoms with Crippen molar-refractivity contribution in [2.45, 2.75) is 70.9 Å². The Kier molecular flexibility index (Phi) is 3.48. The third-order valence-corrected chi connectivity index (χ3v) is 4.13. The SMILES string of the molecule is CC1CCC(NC(C)CC2CCC2)C1. The monoisotopic (exact) mass is 195 g/mol. The van der Waals surface area contributed by atoms with Crippen LogP contribution in [0.2, 0.25) is 0 Å². The van der Waals surface area contributed by atoms with E-state index in [1.807, 2.05) is 0 Å². The van der Waals surface area contributed by atoms with Crippen molar-refractivity contribution < 1.29 is 0 Å². The highest BCUT2D eigenvalue weighted by Crippen LogP contribution is 2.31. The lowest BCUT2D eigenvalue weighted by atomic mass is 9.81. The molecule has 1 nitrogen and oxygen atoms in total. The van der Waals surface area contributed by atoms with Gasteiger partial charge in [-0.25, -0.2) is 0 Å².